The van der Waals surface area contributed by atoms with E-state index in [0.717, 1.165) is 13.1 Å². The van der Waals surface area contributed by atoms with Gasteiger partial charge in [-0.2, -0.15) is 0 Å². The quantitative estimate of drug-likeness (QED) is 0.753. The van der Waals surface area contributed by atoms with Crippen molar-refractivity contribution in [3.05, 3.63) is 23.5 Å². The molecule has 1 rings (SSSR count). The highest BCUT2D eigenvalue weighted by Gasteiger charge is 2.11. The third-order valence-corrected chi connectivity index (χ3v) is 2.43. The zero-order valence-corrected chi connectivity index (χ0v) is 12.1. The molecule has 98 valence electrons. The molecule has 1 heterocycles. The lowest BCUT2D eigenvalue weighted by Gasteiger charge is -2.20. The highest BCUT2D eigenvalue weighted by Crippen LogP contribution is 2.07. The monoisotopic (exact) mass is 237 g/mol. The van der Waals surface area contributed by atoms with Crippen LogP contribution in [0.3, 0.4) is 0 Å². The zero-order valence-electron chi connectivity index (χ0n) is 12.1. The maximum atomic E-state index is 3.47. The predicted molar refractivity (Wildman–Crippen MR) is 74.0 cm³/mol. The Bertz CT molecular complexity index is 307. The molecule has 3 nitrogen and oxygen atoms in total. The first-order valence-corrected chi connectivity index (χ1v) is 6.32. The maximum Gasteiger partial charge on any atom is 0.0361 e. The van der Waals surface area contributed by atoms with Crippen LogP contribution in [-0.4, -0.2) is 16.1 Å². The van der Waals surface area contributed by atoms with Crippen LogP contribution in [0.25, 0.3) is 0 Å². The molecule has 1 aromatic heterocycles. The third-order valence-electron chi connectivity index (χ3n) is 2.43. The van der Waals surface area contributed by atoms with Crippen molar-refractivity contribution in [2.24, 2.45) is 0 Å². The molecule has 0 aliphatic heterocycles. The second-order valence-electron chi connectivity index (χ2n) is 6.72. The third kappa shape index (κ3) is 6.49. The van der Waals surface area contributed by atoms with Crippen molar-refractivity contribution in [1.82, 2.24) is 15.6 Å². The van der Waals surface area contributed by atoms with Crippen LogP contribution in [0, 0.1) is 0 Å². The minimum absolute atomic E-state index is 0.162. The van der Waals surface area contributed by atoms with E-state index >= 15 is 0 Å². The van der Waals surface area contributed by atoms with Crippen LogP contribution >= 0.6 is 0 Å². The molecule has 0 bridgehead atoms. The topological polar surface area (TPSA) is 39.8 Å². The smallest absolute Gasteiger partial charge is 0.0361 e. The fourth-order valence-electron chi connectivity index (χ4n) is 1.42. The van der Waals surface area contributed by atoms with Gasteiger partial charge in [-0.3, -0.25) is 0 Å². The Morgan fingerprint density at radius 1 is 0.824 bits per heavy atom. The lowest BCUT2D eigenvalue weighted by atomic mass is 10.1. The summed E-state index contributed by atoms with van der Waals surface area (Å²) in [6.07, 6.45) is 0. The molecule has 0 saturated heterocycles. The van der Waals surface area contributed by atoms with E-state index in [-0.39, 0.29) is 11.1 Å². The number of hydrogen-bond acceptors (Lipinski definition) is 2. The Morgan fingerprint density at radius 2 is 1.18 bits per heavy atom. The normalized spacial score (nSPS) is 13.1. The van der Waals surface area contributed by atoms with Gasteiger partial charge >= 0.3 is 0 Å². The lowest BCUT2D eigenvalue weighted by Crippen LogP contribution is -2.35. The van der Waals surface area contributed by atoms with Crippen molar-refractivity contribution in [3.8, 4) is 0 Å². The maximum absolute atomic E-state index is 3.47. The van der Waals surface area contributed by atoms with E-state index < -0.39 is 0 Å². The van der Waals surface area contributed by atoms with Gasteiger partial charge in [0.05, 0.1) is 0 Å². The van der Waals surface area contributed by atoms with Crippen molar-refractivity contribution >= 4 is 0 Å². The fraction of sp³-hybridized carbons (Fsp3) is 0.714. The molecule has 0 saturated carbocycles. The Labute approximate surface area is 105 Å². The molecule has 0 aromatic carbocycles. The number of hydrogen-bond donors (Lipinski definition) is 3. The molecule has 1 aromatic rings. The molecule has 0 radical (unpaired) electrons. The van der Waals surface area contributed by atoms with Crippen LogP contribution in [0.15, 0.2) is 12.1 Å². The molecule has 0 atom stereocenters. The molecule has 17 heavy (non-hydrogen) atoms. The van der Waals surface area contributed by atoms with E-state index in [0.29, 0.717) is 0 Å². The van der Waals surface area contributed by atoms with Crippen LogP contribution in [0.5, 0.6) is 0 Å². The summed E-state index contributed by atoms with van der Waals surface area (Å²) >= 11 is 0. The number of aromatic amines is 1. The van der Waals surface area contributed by atoms with E-state index in [1.54, 1.807) is 0 Å². The van der Waals surface area contributed by atoms with Crippen molar-refractivity contribution < 1.29 is 0 Å². The van der Waals surface area contributed by atoms with Gasteiger partial charge in [0.2, 0.25) is 0 Å². The van der Waals surface area contributed by atoms with Gasteiger partial charge in [-0.15, -0.1) is 0 Å². The lowest BCUT2D eigenvalue weighted by molar-refractivity contribution is 0.417. The van der Waals surface area contributed by atoms with Crippen LogP contribution in [0.2, 0.25) is 0 Å². The largest absolute Gasteiger partial charge is 0.360 e. The van der Waals surface area contributed by atoms with Crippen molar-refractivity contribution in [1.29, 1.82) is 0 Å². The van der Waals surface area contributed by atoms with Gasteiger partial charge in [0.1, 0.15) is 0 Å². The average Bonchev–Trinajstić information content (AvgIpc) is 2.57. The molecule has 0 aliphatic carbocycles. The molecule has 0 unspecified atom stereocenters. The molecule has 3 N–H and O–H groups in total. The Hall–Kier alpha value is -0.800. The van der Waals surface area contributed by atoms with Crippen LogP contribution in [0.4, 0.5) is 0 Å². The molecule has 0 fully saturated rings. The number of rotatable bonds is 4. The van der Waals surface area contributed by atoms with Gasteiger partial charge in [-0.1, -0.05) is 0 Å². The van der Waals surface area contributed by atoms with Gasteiger partial charge in [0.15, 0.2) is 0 Å². The van der Waals surface area contributed by atoms with Gasteiger partial charge in [-0.05, 0) is 53.7 Å². The van der Waals surface area contributed by atoms with Gasteiger partial charge in [0.25, 0.3) is 0 Å². The SMILES string of the molecule is CC(C)(C)NCc1ccc(CNC(C)(C)C)[nH]1. The fourth-order valence-corrected chi connectivity index (χ4v) is 1.42. The van der Waals surface area contributed by atoms with E-state index in [1.807, 2.05) is 0 Å². The zero-order chi connectivity index (χ0) is 13.1. The summed E-state index contributed by atoms with van der Waals surface area (Å²) in [5.74, 6) is 0. The highest BCUT2D eigenvalue weighted by molar-refractivity contribution is 5.13. The summed E-state index contributed by atoms with van der Waals surface area (Å²) in [5.41, 5.74) is 2.81. The molecular formula is C14H27N3. The summed E-state index contributed by atoms with van der Waals surface area (Å²) in [6.45, 7) is 14.8. The molecule has 0 amide bonds. The average molecular weight is 237 g/mol. The Kier molecular flexibility index (Phi) is 4.39. The standard InChI is InChI=1S/C14H27N3/c1-13(2,3)15-9-11-7-8-12(17-11)10-16-14(4,5)6/h7-8,15-17H,9-10H2,1-6H3. The first-order chi connectivity index (χ1) is 7.66. The number of nitrogens with one attached hydrogen (secondary N) is 3. The second-order valence-corrected chi connectivity index (χ2v) is 6.72. The van der Waals surface area contributed by atoms with Crippen molar-refractivity contribution in [2.45, 2.75) is 65.7 Å². The van der Waals surface area contributed by atoms with Crippen LogP contribution < -0.4 is 10.6 Å². The summed E-state index contributed by atoms with van der Waals surface area (Å²) < 4.78 is 0. The molecular weight excluding hydrogens is 210 g/mol. The van der Waals surface area contributed by atoms with Gasteiger partial charge in [-0.25, -0.2) is 0 Å². The molecule has 0 spiro atoms. The van der Waals surface area contributed by atoms with E-state index in [9.17, 15) is 0 Å². The molecule has 0 aliphatic rings. The predicted octanol–water partition coefficient (Wildman–Crippen LogP) is 2.79. The van der Waals surface area contributed by atoms with Crippen molar-refractivity contribution in [2.75, 3.05) is 0 Å². The van der Waals surface area contributed by atoms with E-state index in [2.05, 4.69) is 69.3 Å². The first-order valence-electron chi connectivity index (χ1n) is 6.32. The minimum atomic E-state index is 0.162. The van der Waals surface area contributed by atoms with Gasteiger partial charge < -0.3 is 15.6 Å². The summed E-state index contributed by atoms with van der Waals surface area (Å²) in [7, 11) is 0. The van der Waals surface area contributed by atoms with Crippen LogP contribution in [-0.2, 0) is 13.1 Å². The second kappa shape index (κ2) is 5.23. The summed E-state index contributed by atoms with van der Waals surface area (Å²) in [4.78, 5) is 3.43. The van der Waals surface area contributed by atoms with Crippen molar-refractivity contribution in [3.63, 3.8) is 0 Å². The number of aromatic nitrogens is 1. The first kappa shape index (κ1) is 14.3. The summed E-state index contributed by atoms with van der Waals surface area (Å²) in [6, 6.07) is 4.30. The number of H-pyrrole nitrogens is 1. The Morgan fingerprint density at radius 3 is 1.47 bits per heavy atom. The van der Waals surface area contributed by atoms with E-state index in [1.165, 1.54) is 11.4 Å². The van der Waals surface area contributed by atoms with Gasteiger partial charge in [0, 0.05) is 35.6 Å². The molecule has 3 heteroatoms. The van der Waals surface area contributed by atoms with Crippen LogP contribution in [0.1, 0.15) is 52.9 Å². The Balaban J connectivity index is 2.43. The summed E-state index contributed by atoms with van der Waals surface area (Å²) in [5, 5.41) is 6.94. The van der Waals surface area contributed by atoms with E-state index in [4.69, 9.17) is 0 Å². The minimum Gasteiger partial charge on any atom is -0.360 e. The highest BCUT2D eigenvalue weighted by atomic mass is 15.0.